The van der Waals surface area contributed by atoms with Crippen molar-refractivity contribution in [1.82, 2.24) is 15.0 Å². The summed E-state index contributed by atoms with van der Waals surface area (Å²) in [5.41, 5.74) is 7.74. The van der Waals surface area contributed by atoms with Gasteiger partial charge in [-0.3, -0.25) is 4.98 Å². The minimum Gasteiger partial charge on any atom is -0.429 e. The Morgan fingerprint density at radius 1 is 1.17 bits per heavy atom. The number of anilines is 1. The lowest BCUT2D eigenvalue weighted by molar-refractivity contribution is 0.472. The van der Waals surface area contributed by atoms with Crippen molar-refractivity contribution < 1.29 is 9.13 Å². The molecule has 0 saturated heterocycles. The van der Waals surface area contributed by atoms with Crippen molar-refractivity contribution in [3.63, 3.8) is 0 Å². The van der Waals surface area contributed by atoms with Crippen molar-refractivity contribution in [1.29, 1.82) is 0 Å². The molecule has 0 fully saturated rings. The number of aromatic nitrogens is 3. The first-order chi connectivity index (χ1) is 11.0. The molecule has 23 heavy (non-hydrogen) atoms. The van der Waals surface area contributed by atoms with E-state index >= 15 is 0 Å². The monoisotopic (exact) mass is 330 g/mol. The Kier molecular flexibility index (Phi) is 4.20. The molecule has 0 saturated carbocycles. The van der Waals surface area contributed by atoms with E-state index in [4.69, 9.17) is 10.5 Å². The number of nitrogens with zero attached hydrogens (tertiary/aromatic N) is 3. The quantitative estimate of drug-likeness (QED) is 0.790. The molecule has 5 nitrogen and oxygen atoms in total. The Morgan fingerprint density at radius 3 is 2.74 bits per heavy atom. The molecule has 0 aliphatic carbocycles. The highest BCUT2D eigenvalue weighted by molar-refractivity contribution is 7.13. The lowest BCUT2D eigenvalue weighted by Gasteiger charge is -2.11. The number of halogens is 1. The maximum atomic E-state index is 14.0. The van der Waals surface area contributed by atoms with Crippen LogP contribution in [0.25, 0.3) is 0 Å². The third-order valence-electron chi connectivity index (χ3n) is 3.45. The van der Waals surface area contributed by atoms with Crippen molar-refractivity contribution in [2.75, 3.05) is 5.73 Å². The molecule has 7 heteroatoms. The highest BCUT2D eigenvalue weighted by Crippen LogP contribution is 2.30. The molecule has 0 aromatic carbocycles. The number of ether oxygens (including phenoxy) is 1. The predicted octanol–water partition coefficient (Wildman–Crippen LogP) is 3.65. The zero-order valence-corrected chi connectivity index (χ0v) is 13.5. The molecule has 0 amide bonds. The number of rotatable bonds is 4. The van der Waals surface area contributed by atoms with Gasteiger partial charge in [-0.1, -0.05) is 11.3 Å². The topological polar surface area (TPSA) is 73.9 Å². The number of pyridine rings is 2. The maximum Gasteiger partial charge on any atom is 0.278 e. The summed E-state index contributed by atoms with van der Waals surface area (Å²) in [4.78, 5) is 13.2. The van der Waals surface area contributed by atoms with Gasteiger partial charge in [0, 0.05) is 29.9 Å². The normalized spacial score (nSPS) is 10.7. The summed E-state index contributed by atoms with van der Waals surface area (Å²) in [6, 6.07) is 1.61. The van der Waals surface area contributed by atoms with Crippen LogP contribution < -0.4 is 10.5 Å². The highest BCUT2D eigenvalue weighted by atomic mass is 32.1. The van der Waals surface area contributed by atoms with Crippen LogP contribution in [0.15, 0.2) is 30.9 Å². The Hall–Kier alpha value is -2.54. The van der Waals surface area contributed by atoms with Gasteiger partial charge < -0.3 is 10.5 Å². The van der Waals surface area contributed by atoms with E-state index in [2.05, 4.69) is 15.0 Å². The molecule has 3 aromatic heterocycles. The molecular weight excluding hydrogens is 315 g/mol. The van der Waals surface area contributed by atoms with Gasteiger partial charge in [0.05, 0.1) is 6.20 Å². The van der Waals surface area contributed by atoms with Crippen LogP contribution in [0.5, 0.6) is 10.9 Å². The SMILES string of the molecule is Cc1cnc(Oc2cncc(Cc3ccnc(N)c3F)c2C)s1. The Labute approximate surface area is 137 Å². The van der Waals surface area contributed by atoms with Crippen molar-refractivity contribution >= 4 is 17.2 Å². The fraction of sp³-hybridized carbons (Fsp3) is 0.188. The number of nitrogens with two attached hydrogens (primary N) is 1. The molecule has 0 atom stereocenters. The van der Waals surface area contributed by atoms with Gasteiger partial charge in [-0.2, -0.15) is 0 Å². The second-order valence-electron chi connectivity index (χ2n) is 5.11. The summed E-state index contributed by atoms with van der Waals surface area (Å²) in [6.07, 6.45) is 6.95. The summed E-state index contributed by atoms with van der Waals surface area (Å²) in [6.45, 7) is 3.87. The average Bonchev–Trinajstić information content (AvgIpc) is 2.93. The molecule has 0 aliphatic heterocycles. The molecule has 2 N–H and O–H groups in total. The summed E-state index contributed by atoms with van der Waals surface area (Å²) in [5, 5.41) is 0.559. The van der Waals surface area contributed by atoms with Crippen LogP contribution in [0.2, 0.25) is 0 Å². The third kappa shape index (κ3) is 3.29. The van der Waals surface area contributed by atoms with Crippen LogP contribution in [0.1, 0.15) is 21.6 Å². The molecule has 0 spiro atoms. The van der Waals surface area contributed by atoms with E-state index in [1.165, 1.54) is 17.5 Å². The highest BCUT2D eigenvalue weighted by Gasteiger charge is 2.13. The smallest absolute Gasteiger partial charge is 0.278 e. The van der Waals surface area contributed by atoms with Crippen molar-refractivity contribution in [2.45, 2.75) is 20.3 Å². The number of thiazole rings is 1. The fourth-order valence-corrected chi connectivity index (χ4v) is 2.76. The predicted molar refractivity (Wildman–Crippen MR) is 87.3 cm³/mol. The van der Waals surface area contributed by atoms with Gasteiger partial charge in [0.25, 0.3) is 5.19 Å². The van der Waals surface area contributed by atoms with E-state index in [0.717, 1.165) is 16.0 Å². The summed E-state index contributed by atoms with van der Waals surface area (Å²) in [7, 11) is 0. The van der Waals surface area contributed by atoms with Crippen LogP contribution in [-0.4, -0.2) is 15.0 Å². The molecule has 3 aromatic rings. The molecule has 3 rings (SSSR count). The second kappa shape index (κ2) is 6.29. The van der Waals surface area contributed by atoms with Gasteiger partial charge in [0.2, 0.25) is 0 Å². The third-order valence-corrected chi connectivity index (χ3v) is 4.24. The summed E-state index contributed by atoms with van der Waals surface area (Å²) >= 11 is 1.46. The fourth-order valence-electron chi connectivity index (χ4n) is 2.15. The van der Waals surface area contributed by atoms with Crippen LogP contribution >= 0.6 is 11.3 Å². The van der Waals surface area contributed by atoms with E-state index < -0.39 is 5.82 Å². The van der Waals surface area contributed by atoms with E-state index in [1.807, 2.05) is 13.8 Å². The number of hydrogen-bond donors (Lipinski definition) is 1. The van der Waals surface area contributed by atoms with Gasteiger partial charge in [-0.05, 0) is 36.6 Å². The summed E-state index contributed by atoms with van der Waals surface area (Å²) < 4.78 is 19.8. The molecule has 118 valence electrons. The lowest BCUT2D eigenvalue weighted by atomic mass is 10.0. The van der Waals surface area contributed by atoms with E-state index in [-0.39, 0.29) is 5.82 Å². The Morgan fingerprint density at radius 2 is 2.00 bits per heavy atom. The van der Waals surface area contributed by atoms with E-state index in [9.17, 15) is 4.39 Å². The van der Waals surface area contributed by atoms with Gasteiger partial charge in [-0.15, -0.1) is 0 Å². The summed E-state index contributed by atoms with van der Waals surface area (Å²) in [5.74, 6) is 0.0202. The van der Waals surface area contributed by atoms with Gasteiger partial charge in [0.15, 0.2) is 17.4 Å². The average molecular weight is 330 g/mol. The zero-order chi connectivity index (χ0) is 16.4. The molecule has 0 unspecified atom stereocenters. The molecule has 0 radical (unpaired) electrons. The van der Waals surface area contributed by atoms with Crippen LogP contribution in [0.3, 0.4) is 0 Å². The van der Waals surface area contributed by atoms with Crippen LogP contribution in [0.4, 0.5) is 10.2 Å². The van der Waals surface area contributed by atoms with Crippen molar-refractivity contribution in [2.24, 2.45) is 0 Å². The minimum atomic E-state index is -0.492. The lowest BCUT2D eigenvalue weighted by Crippen LogP contribution is -2.02. The Bertz CT molecular complexity index is 850. The number of hydrogen-bond acceptors (Lipinski definition) is 6. The first kappa shape index (κ1) is 15.4. The molecule has 0 bridgehead atoms. The van der Waals surface area contributed by atoms with Crippen molar-refractivity contribution in [3.05, 3.63) is 58.2 Å². The Balaban J connectivity index is 1.89. The van der Waals surface area contributed by atoms with Gasteiger partial charge in [0.1, 0.15) is 0 Å². The van der Waals surface area contributed by atoms with E-state index in [1.54, 1.807) is 24.7 Å². The first-order valence-electron chi connectivity index (χ1n) is 6.97. The number of aryl methyl sites for hydroxylation is 1. The zero-order valence-electron chi connectivity index (χ0n) is 12.7. The van der Waals surface area contributed by atoms with Gasteiger partial charge >= 0.3 is 0 Å². The van der Waals surface area contributed by atoms with Crippen molar-refractivity contribution in [3.8, 4) is 10.9 Å². The van der Waals surface area contributed by atoms with Crippen LogP contribution in [-0.2, 0) is 6.42 Å². The molecule has 0 aliphatic rings. The standard InChI is InChI=1S/C16H15FN4OS/c1-9-6-21-16(23-9)22-13-8-19-7-12(10(13)2)5-11-3-4-20-15(18)14(11)17/h3-4,6-8H,5H2,1-2H3,(H2,18,20). The van der Waals surface area contributed by atoms with Crippen LogP contribution in [0, 0.1) is 19.7 Å². The maximum absolute atomic E-state index is 14.0. The largest absolute Gasteiger partial charge is 0.429 e. The molecule has 3 heterocycles. The number of nitrogen functional groups attached to an aromatic ring is 1. The minimum absolute atomic E-state index is 0.0984. The first-order valence-corrected chi connectivity index (χ1v) is 7.79. The molecular formula is C16H15FN4OS. The van der Waals surface area contributed by atoms with E-state index in [0.29, 0.717) is 22.9 Å². The second-order valence-corrected chi connectivity index (χ2v) is 6.30. The van der Waals surface area contributed by atoms with Gasteiger partial charge in [-0.25, -0.2) is 14.4 Å².